The summed E-state index contributed by atoms with van der Waals surface area (Å²) in [7, 11) is 3.46. The molecule has 106 valence electrons. The number of halogens is 1. The second kappa shape index (κ2) is 5.93. The number of amides is 1. The molecule has 0 saturated carbocycles. The van der Waals surface area contributed by atoms with E-state index in [9.17, 15) is 4.79 Å². The van der Waals surface area contributed by atoms with Gasteiger partial charge in [-0.1, -0.05) is 15.9 Å². The fourth-order valence-corrected chi connectivity index (χ4v) is 2.52. The number of carbonyl (C=O) groups excluding carboxylic acids is 1. The van der Waals surface area contributed by atoms with E-state index >= 15 is 0 Å². The molecule has 1 fully saturated rings. The molecule has 1 aliphatic heterocycles. The Labute approximate surface area is 132 Å². The quantitative estimate of drug-likeness (QED) is 0.617. The molecule has 20 heavy (non-hydrogen) atoms. The molecule has 0 N–H and O–H groups in total. The van der Waals surface area contributed by atoms with E-state index < -0.39 is 0 Å². The third-order valence-corrected chi connectivity index (χ3v) is 4.06. The van der Waals surface area contributed by atoms with Gasteiger partial charge in [-0.05, 0) is 43.4 Å². The summed E-state index contributed by atoms with van der Waals surface area (Å²) in [5.41, 5.74) is 1.38. The predicted molar refractivity (Wildman–Crippen MR) is 86.4 cm³/mol. The van der Waals surface area contributed by atoms with Crippen LogP contribution >= 0.6 is 28.1 Å². The van der Waals surface area contributed by atoms with Crippen LogP contribution in [0.25, 0.3) is 6.08 Å². The zero-order chi connectivity index (χ0) is 14.9. The minimum Gasteiger partial charge on any atom is -0.493 e. The van der Waals surface area contributed by atoms with Crippen LogP contribution in [0.4, 0.5) is 0 Å². The first-order valence-electron chi connectivity index (χ1n) is 6.15. The van der Waals surface area contributed by atoms with Crippen LogP contribution in [0, 0.1) is 0 Å². The van der Waals surface area contributed by atoms with Crippen LogP contribution in [0.3, 0.4) is 0 Å². The molecule has 0 aromatic heterocycles. The van der Waals surface area contributed by atoms with Crippen molar-refractivity contribution in [3.8, 4) is 5.75 Å². The third-order valence-electron chi connectivity index (χ3n) is 3.02. The van der Waals surface area contributed by atoms with Crippen molar-refractivity contribution in [2.75, 3.05) is 20.7 Å². The number of carbonyl (C=O) groups is 1. The summed E-state index contributed by atoms with van der Waals surface area (Å²) in [6.45, 7) is 2.49. The van der Waals surface area contributed by atoms with Crippen molar-refractivity contribution in [3.63, 3.8) is 0 Å². The zero-order valence-corrected chi connectivity index (χ0v) is 13.9. The maximum Gasteiger partial charge on any atom is 0.276 e. The summed E-state index contributed by atoms with van der Waals surface area (Å²) in [6, 6.07) is 5.70. The SMILES string of the molecule is CCOc1ccc(Br)cc1/C=C1/C(=O)N(C)C(=S)N1C. The molecule has 2 rings (SSSR count). The lowest BCUT2D eigenvalue weighted by Crippen LogP contribution is -2.26. The highest BCUT2D eigenvalue weighted by molar-refractivity contribution is 9.10. The second-order valence-electron chi connectivity index (χ2n) is 4.35. The van der Waals surface area contributed by atoms with Crippen LogP contribution < -0.4 is 4.74 Å². The van der Waals surface area contributed by atoms with E-state index in [-0.39, 0.29) is 5.91 Å². The monoisotopic (exact) mass is 354 g/mol. The van der Waals surface area contributed by atoms with Crippen molar-refractivity contribution >= 4 is 45.2 Å². The number of rotatable bonds is 3. The molecular weight excluding hydrogens is 340 g/mol. The predicted octanol–water partition coefficient (Wildman–Crippen LogP) is 2.88. The van der Waals surface area contributed by atoms with Gasteiger partial charge in [0.2, 0.25) is 0 Å². The van der Waals surface area contributed by atoms with E-state index in [0.717, 1.165) is 15.8 Å². The number of hydrogen-bond acceptors (Lipinski definition) is 3. The second-order valence-corrected chi connectivity index (χ2v) is 5.63. The average Bonchev–Trinajstić information content (AvgIpc) is 2.60. The lowest BCUT2D eigenvalue weighted by molar-refractivity contribution is -0.121. The first kappa shape index (κ1) is 15.0. The highest BCUT2D eigenvalue weighted by Gasteiger charge is 2.32. The molecule has 0 spiro atoms. The van der Waals surface area contributed by atoms with Gasteiger partial charge in [0, 0.05) is 24.1 Å². The van der Waals surface area contributed by atoms with Crippen LogP contribution in [-0.2, 0) is 4.79 Å². The Morgan fingerprint density at radius 2 is 2.05 bits per heavy atom. The number of benzene rings is 1. The average molecular weight is 355 g/mol. The molecule has 1 heterocycles. The van der Waals surface area contributed by atoms with Crippen molar-refractivity contribution in [2.45, 2.75) is 6.92 Å². The summed E-state index contributed by atoms with van der Waals surface area (Å²) in [5, 5.41) is 0.495. The number of nitrogens with zero attached hydrogens (tertiary/aromatic N) is 2. The molecule has 1 amide bonds. The summed E-state index contributed by atoms with van der Waals surface area (Å²) < 4.78 is 6.51. The Bertz CT molecular complexity index is 601. The Hall–Kier alpha value is -1.40. The Morgan fingerprint density at radius 3 is 2.60 bits per heavy atom. The molecule has 0 aliphatic carbocycles. The van der Waals surface area contributed by atoms with E-state index in [1.54, 1.807) is 25.1 Å². The molecule has 6 heteroatoms. The van der Waals surface area contributed by atoms with Crippen molar-refractivity contribution in [1.29, 1.82) is 0 Å². The topological polar surface area (TPSA) is 32.8 Å². The van der Waals surface area contributed by atoms with Gasteiger partial charge in [-0.3, -0.25) is 9.69 Å². The van der Waals surface area contributed by atoms with Crippen LogP contribution in [0.5, 0.6) is 5.75 Å². The zero-order valence-electron chi connectivity index (χ0n) is 11.5. The standard InChI is InChI=1S/C14H15BrN2O2S/c1-4-19-12-6-5-10(15)7-9(12)8-11-13(18)17(3)14(20)16(11)2/h5-8H,4H2,1-3H3/b11-8-. The third kappa shape index (κ3) is 2.71. The number of ether oxygens (including phenoxy) is 1. The van der Waals surface area contributed by atoms with Crippen LogP contribution in [0.15, 0.2) is 28.4 Å². The van der Waals surface area contributed by atoms with Gasteiger partial charge in [-0.25, -0.2) is 0 Å². The highest BCUT2D eigenvalue weighted by Crippen LogP contribution is 2.28. The summed E-state index contributed by atoms with van der Waals surface area (Å²) in [5.74, 6) is 0.629. The van der Waals surface area contributed by atoms with Crippen molar-refractivity contribution in [1.82, 2.24) is 9.80 Å². The van der Waals surface area contributed by atoms with Crippen LogP contribution in [0.1, 0.15) is 12.5 Å². The molecule has 1 aliphatic rings. The lowest BCUT2D eigenvalue weighted by atomic mass is 10.1. The highest BCUT2D eigenvalue weighted by atomic mass is 79.9. The Kier molecular flexibility index (Phi) is 4.45. The van der Waals surface area contributed by atoms with Crippen molar-refractivity contribution in [2.24, 2.45) is 0 Å². The summed E-state index contributed by atoms with van der Waals surface area (Å²) >= 11 is 8.63. The van der Waals surface area contributed by atoms with E-state index in [0.29, 0.717) is 17.4 Å². The lowest BCUT2D eigenvalue weighted by Gasteiger charge is -2.12. The van der Waals surface area contributed by atoms with Crippen LogP contribution in [-0.4, -0.2) is 41.5 Å². The van der Waals surface area contributed by atoms with Gasteiger partial charge in [0.1, 0.15) is 11.4 Å². The molecule has 0 unspecified atom stereocenters. The van der Waals surface area contributed by atoms with Crippen LogP contribution in [0.2, 0.25) is 0 Å². The maximum atomic E-state index is 12.2. The first-order chi connectivity index (χ1) is 9.45. The van der Waals surface area contributed by atoms with Gasteiger partial charge in [0.15, 0.2) is 5.11 Å². The molecule has 1 aromatic carbocycles. The van der Waals surface area contributed by atoms with Gasteiger partial charge >= 0.3 is 0 Å². The van der Waals surface area contributed by atoms with Gasteiger partial charge < -0.3 is 9.64 Å². The number of hydrogen-bond donors (Lipinski definition) is 0. The molecule has 1 saturated heterocycles. The first-order valence-corrected chi connectivity index (χ1v) is 7.35. The molecule has 4 nitrogen and oxygen atoms in total. The van der Waals surface area contributed by atoms with Gasteiger partial charge in [0.25, 0.3) is 5.91 Å². The van der Waals surface area contributed by atoms with E-state index in [1.807, 2.05) is 25.1 Å². The molecular formula is C14H15BrN2O2S. The smallest absolute Gasteiger partial charge is 0.276 e. The fraction of sp³-hybridized carbons (Fsp3) is 0.286. The van der Waals surface area contributed by atoms with E-state index in [1.165, 1.54) is 4.90 Å². The summed E-state index contributed by atoms with van der Waals surface area (Å²) in [4.78, 5) is 15.3. The fourth-order valence-electron chi connectivity index (χ4n) is 1.96. The maximum absolute atomic E-state index is 12.2. The van der Waals surface area contributed by atoms with Crippen molar-refractivity contribution in [3.05, 3.63) is 33.9 Å². The molecule has 0 radical (unpaired) electrons. The Balaban J connectivity index is 2.47. The van der Waals surface area contributed by atoms with Crippen molar-refractivity contribution < 1.29 is 9.53 Å². The Morgan fingerprint density at radius 1 is 1.35 bits per heavy atom. The van der Waals surface area contributed by atoms with E-state index in [2.05, 4.69) is 15.9 Å². The number of likely N-dealkylation sites (N-methyl/N-ethyl adjacent to an activating group) is 2. The van der Waals surface area contributed by atoms with E-state index in [4.69, 9.17) is 17.0 Å². The molecule has 1 aromatic rings. The minimum absolute atomic E-state index is 0.111. The largest absolute Gasteiger partial charge is 0.493 e. The number of thiocarbonyl (C=S) groups is 1. The normalized spacial score (nSPS) is 17.3. The van der Waals surface area contributed by atoms with Gasteiger partial charge in [-0.15, -0.1) is 0 Å². The minimum atomic E-state index is -0.111. The molecule has 0 bridgehead atoms. The van der Waals surface area contributed by atoms with Gasteiger partial charge in [-0.2, -0.15) is 0 Å². The molecule has 0 atom stereocenters. The summed E-state index contributed by atoms with van der Waals surface area (Å²) in [6.07, 6.45) is 1.80. The van der Waals surface area contributed by atoms with Gasteiger partial charge in [0.05, 0.1) is 6.61 Å².